The van der Waals surface area contributed by atoms with Crippen molar-refractivity contribution >= 4 is 23.0 Å². The number of nitrogens with zero attached hydrogens (tertiary/aromatic N) is 2. The summed E-state index contributed by atoms with van der Waals surface area (Å²) in [6.07, 6.45) is 12.0. The van der Waals surface area contributed by atoms with E-state index in [-0.39, 0.29) is 6.61 Å². The molecule has 3 N–H and O–H groups in total. The third kappa shape index (κ3) is 6.48. The molecule has 6 heteroatoms. The predicted octanol–water partition coefficient (Wildman–Crippen LogP) is 3.84. The van der Waals surface area contributed by atoms with Gasteiger partial charge in [0.15, 0.2) is 0 Å². The molecule has 1 aromatic carbocycles. The van der Waals surface area contributed by atoms with Crippen molar-refractivity contribution in [3.63, 3.8) is 0 Å². The molecule has 0 spiro atoms. The molecule has 0 bridgehead atoms. The number of aryl methyl sites for hydroxylation is 2. The molecule has 0 unspecified atom stereocenters. The summed E-state index contributed by atoms with van der Waals surface area (Å²) in [5.41, 5.74) is 4.37. The van der Waals surface area contributed by atoms with E-state index in [9.17, 15) is 9.90 Å². The number of imidazole rings is 1. The Hall–Kier alpha value is -2.18. The lowest BCUT2D eigenvalue weighted by atomic mass is 10.1. The van der Waals surface area contributed by atoms with E-state index < -0.39 is 5.91 Å². The Morgan fingerprint density at radius 2 is 1.96 bits per heavy atom. The Kier molecular flexibility index (Phi) is 9.01. The second-order valence-corrected chi connectivity index (χ2v) is 6.83. The van der Waals surface area contributed by atoms with Crippen molar-refractivity contribution < 1.29 is 15.1 Å². The molecule has 0 aliphatic rings. The van der Waals surface area contributed by atoms with E-state index in [4.69, 9.17) is 10.2 Å². The first-order chi connectivity index (χ1) is 13.2. The van der Waals surface area contributed by atoms with Crippen molar-refractivity contribution in [2.45, 2.75) is 64.8 Å². The van der Waals surface area contributed by atoms with E-state index in [0.29, 0.717) is 6.42 Å². The number of aromatic nitrogens is 2. The third-order valence-corrected chi connectivity index (χ3v) is 4.68. The van der Waals surface area contributed by atoms with Gasteiger partial charge in [-0.3, -0.25) is 10.0 Å². The lowest BCUT2D eigenvalue weighted by Crippen LogP contribution is -2.14. The molecule has 27 heavy (non-hydrogen) atoms. The zero-order valence-corrected chi connectivity index (χ0v) is 16.2. The topological polar surface area (TPSA) is 87.4 Å². The van der Waals surface area contributed by atoms with E-state index in [1.54, 1.807) is 11.6 Å². The highest BCUT2D eigenvalue weighted by atomic mass is 16.5. The molecule has 6 nitrogen and oxygen atoms in total. The average molecular weight is 373 g/mol. The SMILES string of the molecule is CCCCCCCCc1nc2cc(C=CC(=O)NO)ccc2n1CCCO. The molecule has 1 heterocycles. The predicted molar refractivity (Wildman–Crippen MR) is 107 cm³/mol. The van der Waals surface area contributed by atoms with Gasteiger partial charge in [0.1, 0.15) is 5.82 Å². The summed E-state index contributed by atoms with van der Waals surface area (Å²) in [7, 11) is 0. The molecule has 0 aliphatic carbocycles. The summed E-state index contributed by atoms with van der Waals surface area (Å²) >= 11 is 0. The molecule has 0 saturated carbocycles. The summed E-state index contributed by atoms with van der Waals surface area (Å²) < 4.78 is 2.20. The maximum atomic E-state index is 11.1. The molecule has 1 amide bonds. The number of hydrogen-bond donors (Lipinski definition) is 3. The number of carbonyl (C=O) groups excluding carboxylic acids is 1. The summed E-state index contributed by atoms with van der Waals surface area (Å²) in [5, 5.41) is 17.8. The lowest BCUT2D eigenvalue weighted by Gasteiger charge is -2.08. The Labute approximate surface area is 160 Å². The van der Waals surface area contributed by atoms with Crippen molar-refractivity contribution in [3.05, 3.63) is 35.7 Å². The molecular formula is C21H31N3O3. The number of amides is 1. The van der Waals surface area contributed by atoms with Gasteiger partial charge in [-0.2, -0.15) is 0 Å². The van der Waals surface area contributed by atoms with E-state index in [2.05, 4.69) is 11.5 Å². The largest absolute Gasteiger partial charge is 0.396 e. The van der Waals surface area contributed by atoms with Crippen LogP contribution >= 0.6 is 0 Å². The van der Waals surface area contributed by atoms with Gasteiger partial charge in [-0.15, -0.1) is 0 Å². The van der Waals surface area contributed by atoms with Crippen LogP contribution in [0.2, 0.25) is 0 Å². The Bertz CT molecular complexity index is 752. The summed E-state index contributed by atoms with van der Waals surface area (Å²) in [5.74, 6) is 0.496. The smallest absolute Gasteiger partial charge is 0.267 e. The Balaban J connectivity index is 2.13. The standard InChI is InChI=1S/C21H31N3O3/c1-2-3-4-5-6-7-9-20-22-18-16-17(11-13-21(26)23-27)10-12-19(18)24(20)14-8-15-25/h10-13,16,25,27H,2-9,14-15H2,1H3,(H,23,26). The van der Waals surface area contributed by atoms with Gasteiger partial charge in [-0.05, 0) is 36.6 Å². The number of fused-ring (bicyclic) bond motifs is 1. The van der Waals surface area contributed by atoms with E-state index >= 15 is 0 Å². The van der Waals surface area contributed by atoms with E-state index in [1.165, 1.54) is 38.2 Å². The van der Waals surface area contributed by atoms with Crippen LogP contribution in [0.25, 0.3) is 17.1 Å². The van der Waals surface area contributed by atoms with Crippen molar-refractivity contribution in [2.24, 2.45) is 0 Å². The normalized spacial score (nSPS) is 11.5. The highest BCUT2D eigenvalue weighted by molar-refractivity contribution is 5.91. The minimum atomic E-state index is -0.563. The maximum Gasteiger partial charge on any atom is 0.267 e. The Morgan fingerprint density at radius 3 is 2.70 bits per heavy atom. The number of hydrogen-bond acceptors (Lipinski definition) is 4. The summed E-state index contributed by atoms with van der Waals surface area (Å²) in [6.45, 7) is 3.14. The van der Waals surface area contributed by atoms with Crippen LogP contribution in [0.1, 0.15) is 63.3 Å². The average Bonchev–Trinajstić information content (AvgIpc) is 3.03. The first-order valence-electron chi connectivity index (χ1n) is 9.91. The summed E-state index contributed by atoms with van der Waals surface area (Å²) in [4.78, 5) is 16.0. The number of rotatable bonds is 12. The maximum absolute atomic E-state index is 11.1. The van der Waals surface area contributed by atoms with Gasteiger partial charge in [0.25, 0.3) is 5.91 Å². The molecule has 0 radical (unpaired) electrons. The van der Waals surface area contributed by atoms with Crippen LogP contribution in [0.5, 0.6) is 0 Å². The van der Waals surface area contributed by atoms with Gasteiger partial charge < -0.3 is 9.67 Å². The quantitative estimate of drug-likeness (QED) is 0.228. The van der Waals surface area contributed by atoms with Gasteiger partial charge in [-0.25, -0.2) is 10.5 Å². The van der Waals surface area contributed by atoms with Crippen LogP contribution in [0.15, 0.2) is 24.3 Å². The van der Waals surface area contributed by atoms with Gasteiger partial charge in [0, 0.05) is 25.6 Å². The second-order valence-electron chi connectivity index (χ2n) is 6.83. The molecule has 2 rings (SSSR count). The van der Waals surface area contributed by atoms with Gasteiger partial charge in [0.2, 0.25) is 0 Å². The highest BCUT2D eigenvalue weighted by Gasteiger charge is 2.11. The molecule has 0 saturated heterocycles. The van der Waals surface area contributed by atoms with Crippen LogP contribution in [0, 0.1) is 0 Å². The minimum absolute atomic E-state index is 0.160. The number of aliphatic hydroxyl groups excluding tert-OH is 1. The van der Waals surface area contributed by atoms with Gasteiger partial charge in [-0.1, -0.05) is 45.1 Å². The van der Waals surface area contributed by atoms with Crippen molar-refractivity contribution in [2.75, 3.05) is 6.61 Å². The molecule has 0 fully saturated rings. The fourth-order valence-corrected chi connectivity index (χ4v) is 3.24. The van der Waals surface area contributed by atoms with Crippen LogP contribution < -0.4 is 5.48 Å². The van der Waals surface area contributed by atoms with Crippen molar-refractivity contribution in [1.29, 1.82) is 0 Å². The van der Waals surface area contributed by atoms with Gasteiger partial charge in [0.05, 0.1) is 11.0 Å². The molecule has 0 atom stereocenters. The number of unbranched alkanes of at least 4 members (excludes halogenated alkanes) is 5. The van der Waals surface area contributed by atoms with Crippen LogP contribution in [0.4, 0.5) is 0 Å². The van der Waals surface area contributed by atoms with Crippen molar-refractivity contribution in [3.8, 4) is 0 Å². The fraction of sp³-hybridized carbons (Fsp3) is 0.524. The van der Waals surface area contributed by atoms with Crippen LogP contribution in [-0.2, 0) is 17.8 Å². The number of carbonyl (C=O) groups is 1. The monoisotopic (exact) mass is 373 g/mol. The molecule has 148 valence electrons. The van der Waals surface area contributed by atoms with Crippen LogP contribution in [-0.4, -0.2) is 32.4 Å². The van der Waals surface area contributed by atoms with E-state index in [0.717, 1.165) is 41.8 Å². The van der Waals surface area contributed by atoms with E-state index in [1.807, 2.05) is 18.2 Å². The molecule has 1 aromatic heterocycles. The number of aliphatic hydroxyl groups is 1. The van der Waals surface area contributed by atoms with Crippen molar-refractivity contribution in [1.82, 2.24) is 15.0 Å². The number of hydroxylamine groups is 1. The Morgan fingerprint density at radius 1 is 1.19 bits per heavy atom. The first-order valence-corrected chi connectivity index (χ1v) is 9.91. The van der Waals surface area contributed by atoms with Crippen LogP contribution in [0.3, 0.4) is 0 Å². The first kappa shape index (κ1) is 21.1. The zero-order valence-electron chi connectivity index (χ0n) is 16.2. The second kappa shape index (κ2) is 11.5. The third-order valence-electron chi connectivity index (χ3n) is 4.68. The molecule has 0 aliphatic heterocycles. The zero-order chi connectivity index (χ0) is 19.5. The number of nitrogens with one attached hydrogen (secondary N) is 1. The summed E-state index contributed by atoms with van der Waals surface area (Å²) in [6, 6.07) is 5.87. The lowest BCUT2D eigenvalue weighted by molar-refractivity contribution is -0.124. The molecular weight excluding hydrogens is 342 g/mol. The van der Waals surface area contributed by atoms with Gasteiger partial charge >= 0.3 is 0 Å². The minimum Gasteiger partial charge on any atom is -0.396 e. The highest BCUT2D eigenvalue weighted by Crippen LogP contribution is 2.21. The fourth-order valence-electron chi connectivity index (χ4n) is 3.24. The number of benzene rings is 1. The molecule has 2 aromatic rings.